The lowest BCUT2D eigenvalue weighted by molar-refractivity contribution is 0.0756. The van der Waals surface area contributed by atoms with Gasteiger partial charge in [0, 0.05) is 19.2 Å². The largest absolute Gasteiger partial charge is 0.377 e. The minimum Gasteiger partial charge on any atom is -0.377 e. The van der Waals surface area contributed by atoms with Gasteiger partial charge in [-0.2, -0.15) is 0 Å². The van der Waals surface area contributed by atoms with Gasteiger partial charge in [-0.3, -0.25) is 0 Å². The molecule has 0 aromatic carbocycles. The minimum atomic E-state index is 0.481. The molecule has 2 atom stereocenters. The second kappa shape index (κ2) is 3.94. The topological polar surface area (TPSA) is 21.3 Å². The molecule has 1 heterocycles. The van der Waals surface area contributed by atoms with Gasteiger partial charge in [-0.15, -0.1) is 0 Å². The molecule has 1 saturated heterocycles. The number of hydrogen-bond donors (Lipinski definition) is 1. The van der Waals surface area contributed by atoms with Gasteiger partial charge in [0.2, 0.25) is 0 Å². The van der Waals surface area contributed by atoms with Crippen LogP contribution in [0.4, 0.5) is 0 Å². The molecule has 1 fully saturated rings. The van der Waals surface area contributed by atoms with Crippen molar-refractivity contribution in [1.82, 2.24) is 5.32 Å². The molecule has 0 amide bonds. The highest BCUT2D eigenvalue weighted by Crippen LogP contribution is 2.11. The highest BCUT2D eigenvalue weighted by atomic mass is 16.5. The molecule has 0 spiro atoms. The van der Waals surface area contributed by atoms with Gasteiger partial charge < -0.3 is 10.1 Å². The van der Waals surface area contributed by atoms with Gasteiger partial charge in [-0.1, -0.05) is 6.92 Å². The molecule has 1 aliphatic heterocycles. The molecule has 1 N–H and O–H groups in total. The van der Waals surface area contributed by atoms with E-state index in [0.29, 0.717) is 12.1 Å². The van der Waals surface area contributed by atoms with Crippen molar-refractivity contribution >= 4 is 0 Å². The Morgan fingerprint density at radius 3 is 2.80 bits per heavy atom. The molecule has 0 bridgehead atoms. The van der Waals surface area contributed by atoms with E-state index in [4.69, 9.17) is 4.74 Å². The highest BCUT2D eigenvalue weighted by Gasteiger charge is 2.21. The zero-order valence-electron chi connectivity index (χ0n) is 6.89. The molecule has 1 aliphatic rings. The fraction of sp³-hybridized carbons (Fsp3) is 1.00. The molecule has 0 saturated carbocycles. The Bertz CT molecular complexity index is 95.3. The van der Waals surface area contributed by atoms with Crippen LogP contribution in [0.15, 0.2) is 0 Å². The van der Waals surface area contributed by atoms with E-state index in [-0.39, 0.29) is 0 Å². The molecule has 0 aromatic rings. The first kappa shape index (κ1) is 8.02. The van der Waals surface area contributed by atoms with Crippen molar-refractivity contribution < 1.29 is 4.74 Å². The van der Waals surface area contributed by atoms with Crippen molar-refractivity contribution in [1.29, 1.82) is 0 Å². The standard InChI is InChI=1S/C8H17NO/c1-3-7-5-8(6-9-7)10-4-2/h7-9H,3-6H2,1-2H3/t7-,8+/m0/s1. The second-order valence-electron chi connectivity index (χ2n) is 2.83. The molecular formula is C8H17NO. The normalized spacial score (nSPS) is 33.0. The van der Waals surface area contributed by atoms with Gasteiger partial charge in [0.1, 0.15) is 0 Å². The van der Waals surface area contributed by atoms with Crippen LogP contribution < -0.4 is 5.32 Å². The van der Waals surface area contributed by atoms with Gasteiger partial charge in [0.25, 0.3) is 0 Å². The average molecular weight is 143 g/mol. The van der Waals surface area contributed by atoms with Gasteiger partial charge >= 0.3 is 0 Å². The fourth-order valence-corrected chi connectivity index (χ4v) is 1.46. The maximum Gasteiger partial charge on any atom is 0.0714 e. The van der Waals surface area contributed by atoms with E-state index >= 15 is 0 Å². The van der Waals surface area contributed by atoms with Crippen LogP contribution in [0.2, 0.25) is 0 Å². The molecule has 60 valence electrons. The summed E-state index contributed by atoms with van der Waals surface area (Å²) in [5, 5.41) is 3.42. The maximum absolute atomic E-state index is 5.47. The Labute approximate surface area is 63.0 Å². The van der Waals surface area contributed by atoms with Crippen LogP contribution in [-0.4, -0.2) is 25.3 Å². The molecule has 0 aromatic heterocycles. The smallest absolute Gasteiger partial charge is 0.0714 e. The fourth-order valence-electron chi connectivity index (χ4n) is 1.46. The molecule has 1 rings (SSSR count). The van der Waals surface area contributed by atoms with Crippen LogP contribution in [0.1, 0.15) is 26.7 Å². The number of rotatable bonds is 3. The quantitative estimate of drug-likeness (QED) is 0.640. The lowest BCUT2D eigenvalue weighted by Crippen LogP contribution is -2.20. The number of ether oxygens (including phenoxy) is 1. The van der Waals surface area contributed by atoms with Crippen LogP contribution in [0.3, 0.4) is 0 Å². The van der Waals surface area contributed by atoms with E-state index in [1.807, 2.05) is 0 Å². The Morgan fingerprint density at radius 1 is 1.50 bits per heavy atom. The van der Waals surface area contributed by atoms with Crippen molar-refractivity contribution in [2.45, 2.75) is 38.8 Å². The Kier molecular flexibility index (Phi) is 3.16. The Morgan fingerprint density at radius 2 is 2.30 bits per heavy atom. The van der Waals surface area contributed by atoms with Crippen LogP contribution in [0.25, 0.3) is 0 Å². The predicted octanol–water partition coefficient (Wildman–Crippen LogP) is 1.16. The van der Waals surface area contributed by atoms with Crippen LogP contribution in [0.5, 0.6) is 0 Å². The van der Waals surface area contributed by atoms with Crippen LogP contribution >= 0.6 is 0 Å². The first-order valence-electron chi connectivity index (χ1n) is 4.21. The zero-order chi connectivity index (χ0) is 7.40. The SMILES string of the molecule is CCO[C@H]1CN[C@@H](CC)C1. The molecule has 0 unspecified atom stereocenters. The maximum atomic E-state index is 5.47. The first-order chi connectivity index (χ1) is 4.86. The molecular weight excluding hydrogens is 126 g/mol. The summed E-state index contributed by atoms with van der Waals surface area (Å²) in [5.41, 5.74) is 0. The predicted molar refractivity (Wildman–Crippen MR) is 42.1 cm³/mol. The van der Waals surface area contributed by atoms with E-state index in [1.54, 1.807) is 0 Å². The lowest BCUT2D eigenvalue weighted by Gasteiger charge is -2.07. The monoisotopic (exact) mass is 143 g/mol. The lowest BCUT2D eigenvalue weighted by atomic mass is 10.1. The second-order valence-corrected chi connectivity index (χ2v) is 2.83. The van der Waals surface area contributed by atoms with Crippen molar-refractivity contribution in [3.63, 3.8) is 0 Å². The van der Waals surface area contributed by atoms with E-state index < -0.39 is 0 Å². The summed E-state index contributed by atoms with van der Waals surface area (Å²) in [4.78, 5) is 0. The molecule has 2 heteroatoms. The summed E-state index contributed by atoms with van der Waals surface area (Å²) in [7, 11) is 0. The molecule has 0 aliphatic carbocycles. The zero-order valence-corrected chi connectivity index (χ0v) is 6.89. The van der Waals surface area contributed by atoms with Gasteiger partial charge in [-0.25, -0.2) is 0 Å². The summed E-state index contributed by atoms with van der Waals surface area (Å²) in [6, 6.07) is 0.705. The van der Waals surface area contributed by atoms with Gasteiger partial charge in [0.15, 0.2) is 0 Å². The summed E-state index contributed by atoms with van der Waals surface area (Å²) >= 11 is 0. The summed E-state index contributed by atoms with van der Waals surface area (Å²) < 4.78 is 5.47. The van der Waals surface area contributed by atoms with Gasteiger partial charge in [0.05, 0.1) is 6.10 Å². The summed E-state index contributed by atoms with van der Waals surface area (Å²) in [6.07, 6.45) is 2.91. The van der Waals surface area contributed by atoms with Crippen molar-refractivity contribution in [2.24, 2.45) is 0 Å². The minimum absolute atomic E-state index is 0.481. The highest BCUT2D eigenvalue weighted by molar-refractivity contribution is 4.80. The van der Waals surface area contributed by atoms with E-state index in [9.17, 15) is 0 Å². The molecule has 0 radical (unpaired) electrons. The Hall–Kier alpha value is -0.0800. The van der Waals surface area contributed by atoms with E-state index in [1.165, 1.54) is 12.8 Å². The summed E-state index contributed by atoms with van der Waals surface area (Å²) in [5.74, 6) is 0. The molecule has 10 heavy (non-hydrogen) atoms. The Balaban J connectivity index is 2.15. The number of nitrogens with one attached hydrogen (secondary N) is 1. The van der Waals surface area contributed by atoms with E-state index in [2.05, 4.69) is 19.2 Å². The number of hydrogen-bond acceptors (Lipinski definition) is 2. The first-order valence-corrected chi connectivity index (χ1v) is 4.21. The third-order valence-electron chi connectivity index (χ3n) is 2.08. The molecule has 2 nitrogen and oxygen atoms in total. The van der Waals surface area contributed by atoms with Crippen molar-refractivity contribution in [3.05, 3.63) is 0 Å². The third-order valence-corrected chi connectivity index (χ3v) is 2.08. The van der Waals surface area contributed by atoms with E-state index in [0.717, 1.165) is 13.2 Å². The van der Waals surface area contributed by atoms with Crippen molar-refractivity contribution in [3.8, 4) is 0 Å². The van der Waals surface area contributed by atoms with Crippen LogP contribution in [-0.2, 0) is 4.74 Å². The average Bonchev–Trinajstić information content (AvgIpc) is 2.37. The summed E-state index contributed by atoms with van der Waals surface area (Å²) in [6.45, 7) is 6.17. The van der Waals surface area contributed by atoms with Crippen molar-refractivity contribution in [2.75, 3.05) is 13.2 Å². The third kappa shape index (κ3) is 1.96. The van der Waals surface area contributed by atoms with Crippen LogP contribution in [0, 0.1) is 0 Å². The van der Waals surface area contributed by atoms with Gasteiger partial charge in [-0.05, 0) is 19.8 Å².